The van der Waals surface area contributed by atoms with Gasteiger partial charge in [-0.2, -0.15) is 0 Å². The Balaban J connectivity index is 5.02. The Morgan fingerprint density at radius 1 is 1.00 bits per heavy atom. The molecule has 11 nitrogen and oxygen atoms in total. The van der Waals surface area contributed by atoms with Crippen LogP contribution in [0.1, 0.15) is 52.4 Å². The lowest BCUT2D eigenvalue weighted by atomic mass is 9.98. The number of nitrogens with zero attached hydrogens (tertiary/aromatic N) is 1. The van der Waals surface area contributed by atoms with Crippen molar-refractivity contribution in [3.05, 3.63) is 0 Å². The molecule has 0 saturated heterocycles. The van der Waals surface area contributed by atoms with Gasteiger partial charge in [-0.15, -0.1) is 0 Å². The van der Waals surface area contributed by atoms with E-state index in [9.17, 15) is 19.5 Å². The number of aliphatic imine (C=N–C) groups is 1. The number of carboxylic acid groups (broad SMARTS) is 1. The van der Waals surface area contributed by atoms with Crippen molar-refractivity contribution in [2.24, 2.45) is 33.8 Å². The van der Waals surface area contributed by atoms with Crippen molar-refractivity contribution in [3.63, 3.8) is 0 Å². The molecule has 11 N–H and O–H groups in total. The van der Waals surface area contributed by atoms with Gasteiger partial charge in [-0.1, -0.05) is 20.3 Å². The van der Waals surface area contributed by atoms with Crippen LogP contribution in [0.25, 0.3) is 0 Å². The van der Waals surface area contributed by atoms with E-state index < -0.39 is 35.9 Å². The second-order valence-electron chi connectivity index (χ2n) is 7.11. The molecule has 0 spiro atoms. The maximum atomic E-state index is 12.7. The van der Waals surface area contributed by atoms with Crippen LogP contribution in [0.2, 0.25) is 0 Å². The van der Waals surface area contributed by atoms with Gasteiger partial charge in [-0.3, -0.25) is 14.6 Å². The molecule has 2 amide bonds. The van der Waals surface area contributed by atoms with E-state index in [0.717, 1.165) is 6.42 Å². The van der Waals surface area contributed by atoms with Gasteiger partial charge in [0.2, 0.25) is 11.8 Å². The Morgan fingerprint density at radius 2 is 1.59 bits per heavy atom. The lowest BCUT2D eigenvalue weighted by Gasteiger charge is -2.24. The number of rotatable bonds is 15. The molecule has 0 rings (SSSR count). The number of aliphatic carboxylic acids is 1. The minimum Gasteiger partial charge on any atom is -0.480 e. The van der Waals surface area contributed by atoms with Gasteiger partial charge >= 0.3 is 5.97 Å². The number of carboxylic acids is 1. The molecule has 0 unspecified atom stereocenters. The summed E-state index contributed by atoms with van der Waals surface area (Å²) in [5, 5.41) is 14.5. The molecule has 0 saturated carbocycles. The average Bonchev–Trinajstić information content (AvgIpc) is 2.67. The molecule has 0 bridgehead atoms. The molecule has 4 atom stereocenters. The summed E-state index contributed by atoms with van der Waals surface area (Å²) >= 11 is 0. The van der Waals surface area contributed by atoms with Crippen molar-refractivity contribution >= 4 is 23.7 Å². The van der Waals surface area contributed by atoms with E-state index in [0.29, 0.717) is 32.2 Å². The van der Waals surface area contributed by atoms with E-state index in [4.69, 9.17) is 22.9 Å². The number of guanidine groups is 1. The van der Waals surface area contributed by atoms with Crippen molar-refractivity contribution in [2.45, 2.75) is 70.5 Å². The zero-order valence-corrected chi connectivity index (χ0v) is 17.4. The summed E-state index contributed by atoms with van der Waals surface area (Å²) in [5.41, 5.74) is 21.9. The summed E-state index contributed by atoms with van der Waals surface area (Å²) in [5.74, 6) is -2.31. The molecule has 0 aromatic carbocycles. The molecule has 29 heavy (non-hydrogen) atoms. The molecule has 0 fully saturated rings. The molecule has 0 aliphatic heterocycles. The quantitative estimate of drug-likeness (QED) is 0.0956. The maximum Gasteiger partial charge on any atom is 0.326 e. The number of carbonyl (C=O) groups excluding carboxylic acids is 2. The second kappa shape index (κ2) is 14.6. The number of amides is 2. The predicted molar refractivity (Wildman–Crippen MR) is 112 cm³/mol. The number of carbonyl (C=O) groups is 3. The van der Waals surface area contributed by atoms with E-state index in [1.807, 2.05) is 13.8 Å². The normalized spacial score (nSPS) is 14.9. The third-order valence-electron chi connectivity index (χ3n) is 4.70. The fourth-order valence-electron chi connectivity index (χ4n) is 2.58. The Bertz CT molecular complexity index is 552. The first-order chi connectivity index (χ1) is 13.6. The highest BCUT2D eigenvalue weighted by molar-refractivity contribution is 5.91. The van der Waals surface area contributed by atoms with Crippen LogP contribution in [0.15, 0.2) is 4.99 Å². The van der Waals surface area contributed by atoms with Gasteiger partial charge in [0.1, 0.15) is 12.1 Å². The highest BCUT2D eigenvalue weighted by atomic mass is 16.4. The van der Waals surface area contributed by atoms with Crippen molar-refractivity contribution in [3.8, 4) is 0 Å². The van der Waals surface area contributed by atoms with E-state index >= 15 is 0 Å². The molecular formula is C18H37N7O4. The van der Waals surface area contributed by atoms with Gasteiger partial charge in [-0.05, 0) is 44.6 Å². The first-order valence-electron chi connectivity index (χ1n) is 9.98. The third kappa shape index (κ3) is 11.3. The van der Waals surface area contributed by atoms with E-state index in [1.165, 1.54) is 0 Å². The maximum absolute atomic E-state index is 12.7. The summed E-state index contributed by atoms with van der Waals surface area (Å²) in [6.07, 6.45) is 2.86. The van der Waals surface area contributed by atoms with Gasteiger partial charge in [0.15, 0.2) is 5.96 Å². The van der Waals surface area contributed by atoms with E-state index in [2.05, 4.69) is 15.6 Å². The van der Waals surface area contributed by atoms with E-state index in [-0.39, 0.29) is 24.8 Å². The minimum absolute atomic E-state index is 0.0509. The fourth-order valence-corrected chi connectivity index (χ4v) is 2.58. The molecule has 0 aliphatic rings. The highest BCUT2D eigenvalue weighted by Gasteiger charge is 2.28. The van der Waals surface area contributed by atoms with Gasteiger partial charge in [0, 0.05) is 6.54 Å². The number of nitrogens with two attached hydrogens (primary N) is 4. The van der Waals surface area contributed by atoms with Gasteiger partial charge in [-0.25, -0.2) is 4.79 Å². The average molecular weight is 416 g/mol. The van der Waals surface area contributed by atoms with Crippen LogP contribution in [0.5, 0.6) is 0 Å². The monoisotopic (exact) mass is 415 g/mol. The fraction of sp³-hybridized carbons (Fsp3) is 0.778. The van der Waals surface area contributed by atoms with Gasteiger partial charge in [0.05, 0.1) is 6.04 Å². The van der Waals surface area contributed by atoms with Gasteiger partial charge in [0.25, 0.3) is 0 Å². The summed E-state index contributed by atoms with van der Waals surface area (Å²) in [7, 11) is 0. The zero-order chi connectivity index (χ0) is 22.4. The molecule has 0 aromatic heterocycles. The Kier molecular flexibility index (Phi) is 13.4. The van der Waals surface area contributed by atoms with Crippen LogP contribution in [-0.2, 0) is 14.4 Å². The number of unbranched alkanes of at least 4 members (excludes halogenated alkanes) is 1. The molecule has 0 heterocycles. The van der Waals surface area contributed by atoms with Crippen molar-refractivity contribution in [1.29, 1.82) is 0 Å². The third-order valence-corrected chi connectivity index (χ3v) is 4.70. The summed E-state index contributed by atoms with van der Waals surface area (Å²) in [4.78, 5) is 40.3. The smallest absolute Gasteiger partial charge is 0.326 e. The molecule has 0 aromatic rings. The summed E-state index contributed by atoms with van der Waals surface area (Å²) < 4.78 is 0. The Hall–Kier alpha value is -2.40. The number of hydrogen-bond acceptors (Lipinski definition) is 6. The van der Waals surface area contributed by atoms with E-state index in [1.54, 1.807) is 0 Å². The van der Waals surface area contributed by atoms with Crippen molar-refractivity contribution < 1.29 is 19.5 Å². The van der Waals surface area contributed by atoms with Crippen molar-refractivity contribution in [2.75, 3.05) is 13.1 Å². The SMILES string of the molecule is CC[C@H](C)[C@H](N)C(=O)N[C@@H](CCCCN)C(=O)N[C@@H](CCCN=C(N)N)C(=O)O. The van der Waals surface area contributed by atoms with Crippen LogP contribution in [0.3, 0.4) is 0 Å². The molecular weight excluding hydrogens is 378 g/mol. The molecule has 168 valence electrons. The van der Waals surface area contributed by atoms with Crippen LogP contribution in [0.4, 0.5) is 0 Å². The van der Waals surface area contributed by atoms with Crippen LogP contribution >= 0.6 is 0 Å². The molecule has 0 radical (unpaired) electrons. The number of nitrogens with one attached hydrogen (secondary N) is 2. The zero-order valence-electron chi connectivity index (χ0n) is 17.4. The largest absolute Gasteiger partial charge is 0.480 e. The Labute approximate surface area is 172 Å². The van der Waals surface area contributed by atoms with Crippen molar-refractivity contribution in [1.82, 2.24) is 10.6 Å². The van der Waals surface area contributed by atoms with Gasteiger partial charge < -0.3 is 38.7 Å². The first-order valence-corrected chi connectivity index (χ1v) is 9.98. The molecule has 0 aliphatic carbocycles. The Morgan fingerprint density at radius 3 is 2.10 bits per heavy atom. The van der Waals surface area contributed by atoms with Crippen LogP contribution in [0, 0.1) is 5.92 Å². The first kappa shape index (κ1) is 26.6. The second-order valence-corrected chi connectivity index (χ2v) is 7.11. The number of hydrogen-bond donors (Lipinski definition) is 7. The van der Waals surface area contributed by atoms with Crippen LogP contribution < -0.4 is 33.6 Å². The molecule has 11 heteroatoms. The minimum atomic E-state index is -1.17. The standard InChI is InChI=1S/C18H37N7O4/c1-3-11(2)14(20)16(27)24-12(7-4-5-9-19)15(26)25-13(17(28)29)8-6-10-23-18(21)22/h11-14H,3-10,19-20H2,1-2H3,(H,24,27)(H,25,26)(H,28,29)(H4,21,22,23)/t11-,12-,13-,14-/m0/s1. The predicted octanol–water partition coefficient (Wildman–Crippen LogP) is -1.40. The lowest BCUT2D eigenvalue weighted by Crippen LogP contribution is -2.55. The van der Waals surface area contributed by atoms with Crippen LogP contribution in [-0.4, -0.2) is 60.1 Å². The summed E-state index contributed by atoms with van der Waals surface area (Å²) in [6.45, 7) is 4.48. The summed E-state index contributed by atoms with van der Waals surface area (Å²) in [6, 6.07) is -2.75. The highest BCUT2D eigenvalue weighted by Crippen LogP contribution is 2.08. The topological polar surface area (TPSA) is 212 Å². The lowest BCUT2D eigenvalue weighted by molar-refractivity contribution is -0.142.